The SMILES string of the molecule is O=C(C=Cc1ccccc1)NCC(=O)NCC(c1ccc(F)cc1)N1CCOCC1. The zero-order valence-electron chi connectivity index (χ0n) is 16.7. The molecule has 0 radical (unpaired) electrons. The largest absolute Gasteiger partial charge is 0.379 e. The Bertz CT molecular complexity index is 850. The van der Waals surface area contributed by atoms with Gasteiger partial charge in [-0.2, -0.15) is 0 Å². The van der Waals surface area contributed by atoms with Crippen molar-refractivity contribution in [1.82, 2.24) is 15.5 Å². The van der Waals surface area contributed by atoms with Crippen molar-refractivity contribution in [3.63, 3.8) is 0 Å². The third-order valence-electron chi connectivity index (χ3n) is 4.88. The average Bonchev–Trinajstić information content (AvgIpc) is 2.79. The van der Waals surface area contributed by atoms with E-state index in [0.717, 1.165) is 24.2 Å². The number of nitrogens with one attached hydrogen (secondary N) is 2. The Labute approximate surface area is 175 Å². The topological polar surface area (TPSA) is 70.7 Å². The number of nitrogens with zero attached hydrogens (tertiary/aromatic N) is 1. The molecule has 0 spiro atoms. The quantitative estimate of drug-likeness (QED) is 0.653. The van der Waals surface area contributed by atoms with Crippen LogP contribution in [0.1, 0.15) is 17.2 Å². The summed E-state index contributed by atoms with van der Waals surface area (Å²) < 4.78 is 18.7. The van der Waals surface area contributed by atoms with Gasteiger partial charge in [0.1, 0.15) is 5.82 Å². The first kappa shape index (κ1) is 21.7. The van der Waals surface area contributed by atoms with Crippen LogP contribution in [0.25, 0.3) is 6.08 Å². The van der Waals surface area contributed by atoms with E-state index in [1.165, 1.54) is 18.2 Å². The number of halogens is 1. The smallest absolute Gasteiger partial charge is 0.244 e. The van der Waals surface area contributed by atoms with Crippen molar-refractivity contribution in [3.05, 3.63) is 77.6 Å². The van der Waals surface area contributed by atoms with Gasteiger partial charge in [0.25, 0.3) is 0 Å². The molecule has 0 aliphatic carbocycles. The van der Waals surface area contributed by atoms with Gasteiger partial charge in [-0.15, -0.1) is 0 Å². The van der Waals surface area contributed by atoms with E-state index in [2.05, 4.69) is 15.5 Å². The van der Waals surface area contributed by atoms with E-state index in [1.807, 2.05) is 30.3 Å². The highest BCUT2D eigenvalue weighted by atomic mass is 19.1. The molecule has 1 unspecified atom stereocenters. The monoisotopic (exact) mass is 411 g/mol. The number of carbonyl (C=O) groups excluding carboxylic acids is 2. The fourth-order valence-corrected chi connectivity index (χ4v) is 3.27. The molecule has 0 aromatic heterocycles. The average molecular weight is 411 g/mol. The summed E-state index contributed by atoms with van der Waals surface area (Å²) in [6.45, 7) is 2.96. The maximum atomic E-state index is 13.3. The van der Waals surface area contributed by atoms with Crippen LogP contribution in [0.2, 0.25) is 0 Å². The minimum atomic E-state index is -0.336. The molecule has 1 aliphatic heterocycles. The Morgan fingerprint density at radius 3 is 2.43 bits per heavy atom. The van der Waals surface area contributed by atoms with Gasteiger partial charge in [0.2, 0.25) is 11.8 Å². The lowest BCUT2D eigenvalue weighted by Crippen LogP contribution is -2.45. The number of rotatable bonds is 8. The molecule has 7 heteroatoms. The Hall–Kier alpha value is -3.03. The zero-order chi connectivity index (χ0) is 21.2. The number of hydrogen-bond donors (Lipinski definition) is 2. The van der Waals surface area contributed by atoms with Crippen molar-refractivity contribution in [3.8, 4) is 0 Å². The summed E-state index contributed by atoms with van der Waals surface area (Å²) in [5.74, 6) is -0.913. The molecular weight excluding hydrogens is 385 g/mol. The molecule has 0 bridgehead atoms. The lowest BCUT2D eigenvalue weighted by Gasteiger charge is -2.35. The summed E-state index contributed by atoms with van der Waals surface area (Å²) in [5.41, 5.74) is 1.83. The number of carbonyl (C=O) groups is 2. The second-order valence-corrected chi connectivity index (χ2v) is 6.98. The molecule has 30 heavy (non-hydrogen) atoms. The van der Waals surface area contributed by atoms with Crippen molar-refractivity contribution in [2.24, 2.45) is 0 Å². The van der Waals surface area contributed by atoms with E-state index in [9.17, 15) is 14.0 Å². The predicted molar refractivity (Wildman–Crippen MR) is 113 cm³/mol. The number of amides is 2. The first-order chi connectivity index (χ1) is 14.6. The van der Waals surface area contributed by atoms with Gasteiger partial charge in [-0.1, -0.05) is 42.5 Å². The van der Waals surface area contributed by atoms with Crippen LogP contribution in [-0.2, 0) is 14.3 Å². The summed E-state index contributed by atoms with van der Waals surface area (Å²) >= 11 is 0. The van der Waals surface area contributed by atoms with Crippen molar-refractivity contribution < 1.29 is 18.7 Å². The molecule has 1 fully saturated rings. The van der Waals surface area contributed by atoms with E-state index < -0.39 is 0 Å². The van der Waals surface area contributed by atoms with Crippen molar-refractivity contribution in [2.75, 3.05) is 39.4 Å². The number of morpholine rings is 1. The van der Waals surface area contributed by atoms with Crippen molar-refractivity contribution >= 4 is 17.9 Å². The Kier molecular flexibility index (Phi) is 8.11. The molecule has 0 saturated carbocycles. The number of hydrogen-bond acceptors (Lipinski definition) is 4. The predicted octanol–water partition coefficient (Wildman–Crippen LogP) is 2.14. The first-order valence-electron chi connectivity index (χ1n) is 9.97. The van der Waals surface area contributed by atoms with Crippen LogP contribution in [0, 0.1) is 5.82 Å². The van der Waals surface area contributed by atoms with Crippen LogP contribution in [-0.4, -0.2) is 56.1 Å². The van der Waals surface area contributed by atoms with Crippen LogP contribution >= 0.6 is 0 Å². The summed E-state index contributed by atoms with van der Waals surface area (Å²) in [4.78, 5) is 26.4. The lowest BCUT2D eigenvalue weighted by atomic mass is 10.0. The molecule has 1 heterocycles. The number of ether oxygens (including phenoxy) is 1. The highest BCUT2D eigenvalue weighted by molar-refractivity contribution is 5.94. The summed E-state index contributed by atoms with van der Waals surface area (Å²) in [5, 5.41) is 5.45. The van der Waals surface area contributed by atoms with Gasteiger partial charge in [-0.3, -0.25) is 14.5 Å². The molecule has 158 valence electrons. The molecule has 2 aromatic carbocycles. The van der Waals surface area contributed by atoms with E-state index in [0.29, 0.717) is 19.8 Å². The summed E-state index contributed by atoms with van der Waals surface area (Å²) in [6, 6.07) is 15.7. The molecular formula is C23H26FN3O3. The maximum absolute atomic E-state index is 13.3. The molecule has 3 rings (SSSR count). The normalized spacial score (nSPS) is 15.6. The molecule has 1 atom stereocenters. The van der Waals surface area contributed by atoms with Crippen LogP contribution in [0.15, 0.2) is 60.7 Å². The van der Waals surface area contributed by atoms with E-state index in [1.54, 1.807) is 18.2 Å². The van der Waals surface area contributed by atoms with E-state index in [-0.39, 0.29) is 30.2 Å². The molecule has 1 aliphatic rings. The Morgan fingerprint density at radius 2 is 1.73 bits per heavy atom. The van der Waals surface area contributed by atoms with Gasteiger partial charge < -0.3 is 15.4 Å². The molecule has 2 N–H and O–H groups in total. The molecule has 6 nitrogen and oxygen atoms in total. The Morgan fingerprint density at radius 1 is 1.03 bits per heavy atom. The fourth-order valence-electron chi connectivity index (χ4n) is 3.27. The van der Waals surface area contributed by atoms with Gasteiger partial charge in [0.05, 0.1) is 25.8 Å². The van der Waals surface area contributed by atoms with Crippen molar-refractivity contribution in [2.45, 2.75) is 6.04 Å². The van der Waals surface area contributed by atoms with E-state index in [4.69, 9.17) is 4.74 Å². The van der Waals surface area contributed by atoms with Crippen LogP contribution in [0.5, 0.6) is 0 Å². The zero-order valence-corrected chi connectivity index (χ0v) is 16.7. The minimum absolute atomic E-state index is 0.0906. The highest BCUT2D eigenvalue weighted by Crippen LogP contribution is 2.21. The molecule has 2 aromatic rings. The number of benzene rings is 2. The molecule has 1 saturated heterocycles. The van der Waals surface area contributed by atoms with Crippen molar-refractivity contribution in [1.29, 1.82) is 0 Å². The van der Waals surface area contributed by atoms with Crippen LogP contribution < -0.4 is 10.6 Å². The van der Waals surface area contributed by atoms with Gasteiger partial charge in [-0.05, 0) is 29.3 Å². The third-order valence-corrected chi connectivity index (χ3v) is 4.88. The molecule has 2 amide bonds. The summed E-state index contributed by atoms with van der Waals surface area (Å²) in [6.07, 6.45) is 3.09. The highest BCUT2D eigenvalue weighted by Gasteiger charge is 2.23. The Balaban J connectivity index is 1.50. The van der Waals surface area contributed by atoms with Gasteiger partial charge in [-0.25, -0.2) is 4.39 Å². The second kappa shape index (κ2) is 11.2. The van der Waals surface area contributed by atoms with Crippen LogP contribution in [0.4, 0.5) is 4.39 Å². The van der Waals surface area contributed by atoms with Crippen LogP contribution in [0.3, 0.4) is 0 Å². The second-order valence-electron chi connectivity index (χ2n) is 6.98. The summed E-state index contributed by atoms with van der Waals surface area (Å²) in [7, 11) is 0. The fraction of sp³-hybridized carbons (Fsp3) is 0.304. The third kappa shape index (κ3) is 6.79. The maximum Gasteiger partial charge on any atom is 0.244 e. The van der Waals surface area contributed by atoms with Gasteiger partial charge >= 0.3 is 0 Å². The van der Waals surface area contributed by atoms with E-state index >= 15 is 0 Å². The van der Waals surface area contributed by atoms with Gasteiger partial charge in [0, 0.05) is 25.7 Å². The minimum Gasteiger partial charge on any atom is -0.379 e. The lowest BCUT2D eigenvalue weighted by molar-refractivity contribution is -0.124. The first-order valence-corrected chi connectivity index (χ1v) is 9.97. The van der Waals surface area contributed by atoms with Gasteiger partial charge in [0.15, 0.2) is 0 Å². The standard InChI is InChI=1S/C23H26FN3O3/c24-20-9-7-19(8-10-20)21(27-12-14-30-15-13-27)16-25-23(29)17-26-22(28)11-6-18-4-2-1-3-5-18/h1-11,21H,12-17H2,(H,25,29)(H,26,28).